The average molecular weight is 291 g/mol. The third kappa shape index (κ3) is 2.91. The van der Waals surface area contributed by atoms with E-state index in [2.05, 4.69) is 10.3 Å². The number of anilines is 1. The topological polar surface area (TPSA) is 77.2 Å². The lowest BCUT2D eigenvalue weighted by atomic mass is 10.1. The van der Waals surface area contributed by atoms with Gasteiger partial charge in [0.1, 0.15) is 16.3 Å². The van der Waals surface area contributed by atoms with Crippen LogP contribution in [-0.2, 0) is 0 Å². The van der Waals surface area contributed by atoms with E-state index in [1.807, 2.05) is 13.8 Å². The number of nitrogens with one attached hydrogen (secondary N) is 1. The Labute approximate surface area is 121 Å². The second kappa shape index (κ2) is 5.92. The lowest BCUT2D eigenvalue weighted by Gasteiger charge is -2.14. The van der Waals surface area contributed by atoms with Gasteiger partial charge in [-0.3, -0.25) is 4.79 Å². The van der Waals surface area contributed by atoms with Crippen molar-refractivity contribution in [2.45, 2.75) is 19.9 Å². The summed E-state index contributed by atoms with van der Waals surface area (Å²) in [6.07, 6.45) is 1.79. The third-order valence-electron chi connectivity index (χ3n) is 2.86. The fourth-order valence-electron chi connectivity index (χ4n) is 1.86. The van der Waals surface area contributed by atoms with Gasteiger partial charge in [-0.1, -0.05) is 6.07 Å². The molecule has 0 saturated heterocycles. The summed E-state index contributed by atoms with van der Waals surface area (Å²) in [5, 5.41) is 3.76. The van der Waals surface area contributed by atoms with Gasteiger partial charge in [-0.2, -0.15) is 0 Å². The zero-order chi connectivity index (χ0) is 14.7. The van der Waals surface area contributed by atoms with E-state index in [9.17, 15) is 4.79 Å². The second-order valence-corrected chi connectivity index (χ2v) is 5.70. The molecule has 0 fully saturated rings. The Balaban J connectivity index is 2.20. The molecule has 1 amide bonds. The number of hydrogen-bond acceptors (Lipinski definition) is 5. The molecule has 20 heavy (non-hydrogen) atoms. The molecule has 2 aromatic rings. The molecule has 1 atom stereocenters. The number of nitrogens with zero attached hydrogens (tertiary/aromatic N) is 1. The van der Waals surface area contributed by atoms with Crippen LogP contribution in [0, 0.1) is 6.92 Å². The first-order valence-electron chi connectivity index (χ1n) is 6.18. The average Bonchev–Trinajstić information content (AvgIpc) is 2.84. The Morgan fingerprint density at radius 1 is 1.50 bits per heavy atom. The summed E-state index contributed by atoms with van der Waals surface area (Å²) in [7, 11) is 1.51. The largest absolute Gasteiger partial charge is 0.496 e. The molecular weight excluding hydrogens is 274 g/mol. The SMILES string of the molecule is COc1cccc(N)c1C(=O)NC(C)c1ncc(C)s1. The monoisotopic (exact) mass is 291 g/mol. The van der Waals surface area contributed by atoms with Crippen LogP contribution < -0.4 is 15.8 Å². The Morgan fingerprint density at radius 3 is 2.85 bits per heavy atom. The number of aryl methyl sites for hydroxylation is 1. The van der Waals surface area contributed by atoms with Crippen molar-refractivity contribution in [2.75, 3.05) is 12.8 Å². The molecule has 106 valence electrons. The first kappa shape index (κ1) is 14.3. The molecule has 0 bridgehead atoms. The van der Waals surface area contributed by atoms with Gasteiger partial charge in [-0.25, -0.2) is 4.98 Å². The van der Waals surface area contributed by atoms with E-state index in [1.165, 1.54) is 7.11 Å². The minimum Gasteiger partial charge on any atom is -0.496 e. The van der Waals surface area contributed by atoms with Gasteiger partial charge in [0.25, 0.3) is 5.91 Å². The Bertz CT molecular complexity index is 625. The summed E-state index contributed by atoms with van der Waals surface area (Å²) in [6.45, 7) is 3.87. The molecule has 1 aromatic carbocycles. The van der Waals surface area contributed by atoms with Crippen LogP contribution in [-0.4, -0.2) is 18.0 Å². The predicted molar refractivity (Wildman–Crippen MR) is 80.1 cm³/mol. The fourth-order valence-corrected chi connectivity index (χ4v) is 2.64. The van der Waals surface area contributed by atoms with Gasteiger partial charge >= 0.3 is 0 Å². The second-order valence-electron chi connectivity index (χ2n) is 4.43. The molecular formula is C14H17N3O2S. The molecule has 3 N–H and O–H groups in total. The van der Waals surface area contributed by atoms with Crippen LogP contribution in [0.4, 0.5) is 5.69 Å². The molecule has 1 aromatic heterocycles. The summed E-state index contributed by atoms with van der Waals surface area (Å²) >= 11 is 1.56. The number of aromatic nitrogens is 1. The molecule has 0 radical (unpaired) electrons. The van der Waals surface area contributed by atoms with Gasteiger partial charge in [0.2, 0.25) is 0 Å². The van der Waals surface area contributed by atoms with Crippen molar-refractivity contribution in [3.63, 3.8) is 0 Å². The number of benzene rings is 1. The van der Waals surface area contributed by atoms with Crippen LogP contribution >= 0.6 is 11.3 Å². The molecule has 0 aliphatic heterocycles. The number of carbonyl (C=O) groups excluding carboxylic acids is 1. The van der Waals surface area contributed by atoms with Crippen LogP contribution in [0.2, 0.25) is 0 Å². The molecule has 0 aliphatic carbocycles. The summed E-state index contributed by atoms with van der Waals surface area (Å²) < 4.78 is 5.18. The van der Waals surface area contributed by atoms with Crippen molar-refractivity contribution in [3.05, 3.63) is 39.8 Å². The van der Waals surface area contributed by atoms with E-state index in [0.29, 0.717) is 17.0 Å². The fraction of sp³-hybridized carbons (Fsp3) is 0.286. The van der Waals surface area contributed by atoms with Gasteiger partial charge in [0, 0.05) is 16.8 Å². The summed E-state index contributed by atoms with van der Waals surface area (Å²) in [6, 6.07) is 4.96. The molecule has 2 rings (SSSR count). The highest BCUT2D eigenvalue weighted by Gasteiger charge is 2.19. The minimum absolute atomic E-state index is 0.175. The van der Waals surface area contributed by atoms with Crippen LogP contribution in [0.15, 0.2) is 24.4 Å². The van der Waals surface area contributed by atoms with E-state index < -0.39 is 0 Å². The van der Waals surface area contributed by atoms with Crippen molar-refractivity contribution >= 4 is 22.9 Å². The highest BCUT2D eigenvalue weighted by molar-refractivity contribution is 7.11. The Kier molecular flexibility index (Phi) is 4.24. The number of methoxy groups -OCH3 is 1. The quantitative estimate of drug-likeness (QED) is 0.849. The maximum atomic E-state index is 12.3. The lowest BCUT2D eigenvalue weighted by molar-refractivity contribution is 0.0937. The molecule has 0 aliphatic rings. The lowest BCUT2D eigenvalue weighted by Crippen LogP contribution is -2.27. The maximum Gasteiger partial charge on any atom is 0.257 e. The first-order chi connectivity index (χ1) is 9.52. The third-order valence-corrected chi connectivity index (χ3v) is 3.96. The van der Waals surface area contributed by atoms with E-state index in [1.54, 1.807) is 35.7 Å². The first-order valence-corrected chi connectivity index (χ1v) is 7.00. The van der Waals surface area contributed by atoms with Crippen LogP contribution in [0.3, 0.4) is 0 Å². The van der Waals surface area contributed by atoms with Gasteiger partial charge < -0.3 is 15.8 Å². The molecule has 0 saturated carbocycles. The molecule has 0 spiro atoms. The number of nitrogen functional groups attached to an aromatic ring is 1. The van der Waals surface area contributed by atoms with Crippen LogP contribution in [0.1, 0.15) is 33.2 Å². The number of ether oxygens (including phenoxy) is 1. The van der Waals surface area contributed by atoms with E-state index in [4.69, 9.17) is 10.5 Å². The minimum atomic E-state index is -0.264. The number of amides is 1. The standard InChI is InChI=1S/C14H17N3O2S/c1-8-7-16-14(20-8)9(2)17-13(18)12-10(15)5-4-6-11(12)19-3/h4-7,9H,15H2,1-3H3,(H,17,18). The normalized spacial score (nSPS) is 11.9. The Hall–Kier alpha value is -2.08. The van der Waals surface area contributed by atoms with Gasteiger partial charge in [-0.05, 0) is 26.0 Å². The van der Waals surface area contributed by atoms with E-state index in [-0.39, 0.29) is 11.9 Å². The molecule has 1 heterocycles. The maximum absolute atomic E-state index is 12.3. The number of carbonyl (C=O) groups is 1. The van der Waals surface area contributed by atoms with Crippen molar-refractivity contribution in [1.82, 2.24) is 10.3 Å². The highest BCUT2D eigenvalue weighted by atomic mass is 32.1. The van der Waals surface area contributed by atoms with Crippen molar-refractivity contribution < 1.29 is 9.53 Å². The molecule has 6 heteroatoms. The molecule has 1 unspecified atom stereocenters. The van der Waals surface area contributed by atoms with Crippen molar-refractivity contribution in [1.29, 1.82) is 0 Å². The van der Waals surface area contributed by atoms with Crippen molar-refractivity contribution in [3.8, 4) is 5.75 Å². The zero-order valence-corrected chi connectivity index (χ0v) is 12.5. The summed E-state index contributed by atoms with van der Waals surface area (Å²) in [5.74, 6) is 0.199. The van der Waals surface area contributed by atoms with E-state index in [0.717, 1.165) is 9.88 Å². The number of thiazole rings is 1. The van der Waals surface area contributed by atoms with Gasteiger partial charge in [-0.15, -0.1) is 11.3 Å². The van der Waals surface area contributed by atoms with Crippen LogP contribution in [0.25, 0.3) is 0 Å². The predicted octanol–water partition coefficient (Wildman–Crippen LogP) is 2.53. The van der Waals surface area contributed by atoms with Crippen LogP contribution in [0.5, 0.6) is 5.75 Å². The Morgan fingerprint density at radius 2 is 2.25 bits per heavy atom. The van der Waals surface area contributed by atoms with Gasteiger partial charge in [0.05, 0.1) is 13.2 Å². The van der Waals surface area contributed by atoms with Crippen molar-refractivity contribution in [2.24, 2.45) is 0 Å². The number of hydrogen-bond donors (Lipinski definition) is 2. The van der Waals surface area contributed by atoms with E-state index >= 15 is 0 Å². The zero-order valence-electron chi connectivity index (χ0n) is 11.6. The number of rotatable bonds is 4. The number of nitrogens with two attached hydrogens (primary N) is 1. The van der Waals surface area contributed by atoms with Gasteiger partial charge in [0.15, 0.2) is 0 Å². The summed E-state index contributed by atoms with van der Waals surface area (Å²) in [4.78, 5) is 17.7. The molecule has 5 nitrogen and oxygen atoms in total. The summed E-state index contributed by atoms with van der Waals surface area (Å²) in [5.41, 5.74) is 6.61. The smallest absolute Gasteiger partial charge is 0.257 e. The highest BCUT2D eigenvalue weighted by Crippen LogP contribution is 2.25.